The number of thiocarbonyl (C=S) groups is 1. The van der Waals surface area contributed by atoms with Crippen molar-refractivity contribution in [1.82, 2.24) is 9.80 Å². The van der Waals surface area contributed by atoms with Crippen molar-refractivity contribution in [2.45, 2.75) is 38.1 Å². The summed E-state index contributed by atoms with van der Waals surface area (Å²) < 4.78 is 5.05. The Balaban J connectivity index is 1.11. The minimum Gasteiger partial charge on any atom is -0.465 e. The Morgan fingerprint density at radius 2 is 1.65 bits per heavy atom. The molecule has 7 rings (SSSR count). The first-order chi connectivity index (χ1) is 16.6. The number of nitrogens with zero attached hydrogens (tertiary/aromatic N) is 2. The molecule has 1 N–H and O–H groups in total. The second kappa shape index (κ2) is 9.25. The third-order valence-corrected chi connectivity index (χ3v) is 10.1. The Labute approximate surface area is 211 Å². The molecule has 0 radical (unpaired) electrons. The highest BCUT2D eigenvalue weighted by Crippen LogP contribution is 2.55. The molecule has 0 atom stereocenters. The fourth-order valence-corrected chi connectivity index (χ4v) is 8.78. The van der Waals surface area contributed by atoms with Gasteiger partial charge in [0.15, 0.2) is 5.11 Å². The van der Waals surface area contributed by atoms with E-state index in [1.54, 1.807) is 11.3 Å². The number of benzene rings is 1. The van der Waals surface area contributed by atoms with Gasteiger partial charge in [-0.1, -0.05) is 30.3 Å². The molecule has 1 aliphatic heterocycles. The van der Waals surface area contributed by atoms with Crippen LogP contribution in [0.5, 0.6) is 0 Å². The van der Waals surface area contributed by atoms with Gasteiger partial charge in [0, 0.05) is 37.1 Å². The van der Waals surface area contributed by atoms with Gasteiger partial charge >= 0.3 is 5.97 Å². The van der Waals surface area contributed by atoms with Crippen LogP contribution in [-0.4, -0.2) is 60.2 Å². The molecule has 5 fully saturated rings. The third kappa shape index (κ3) is 4.16. The van der Waals surface area contributed by atoms with E-state index in [0.29, 0.717) is 10.7 Å². The van der Waals surface area contributed by atoms with Crippen LogP contribution in [0.1, 0.15) is 42.5 Å². The minimum absolute atomic E-state index is 0.338. The average Bonchev–Trinajstić information content (AvgIpc) is 3.27. The maximum absolute atomic E-state index is 12.5. The van der Waals surface area contributed by atoms with Gasteiger partial charge in [-0.2, -0.15) is 0 Å². The number of ether oxygens (including phenoxy) is 1. The van der Waals surface area contributed by atoms with Gasteiger partial charge in [0.1, 0.15) is 5.00 Å². The zero-order valence-corrected chi connectivity index (χ0v) is 21.4. The van der Waals surface area contributed by atoms with Crippen molar-refractivity contribution in [3.8, 4) is 10.4 Å². The lowest BCUT2D eigenvalue weighted by molar-refractivity contribution is -0.0726. The van der Waals surface area contributed by atoms with Crippen molar-refractivity contribution in [2.75, 3.05) is 38.6 Å². The fourth-order valence-electron chi connectivity index (χ4n) is 7.38. The van der Waals surface area contributed by atoms with Gasteiger partial charge in [-0.15, -0.1) is 11.3 Å². The second-order valence-electron chi connectivity index (χ2n) is 10.6. The van der Waals surface area contributed by atoms with E-state index in [1.807, 2.05) is 24.3 Å². The molecule has 0 spiro atoms. The molecule has 4 aliphatic carbocycles. The largest absolute Gasteiger partial charge is 0.465 e. The van der Waals surface area contributed by atoms with Gasteiger partial charge in [0.2, 0.25) is 0 Å². The van der Waals surface area contributed by atoms with Crippen molar-refractivity contribution in [3.63, 3.8) is 0 Å². The van der Waals surface area contributed by atoms with Crippen molar-refractivity contribution >= 4 is 39.6 Å². The van der Waals surface area contributed by atoms with Gasteiger partial charge in [-0.25, -0.2) is 4.79 Å². The Hall–Kier alpha value is -1.96. The second-order valence-corrected chi connectivity index (χ2v) is 12.0. The van der Waals surface area contributed by atoms with E-state index >= 15 is 0 Å². The zero-order valence-electron chi connectivity index (χ0n) is 19.7. The first-order valence-corrected chi connectivity index (χ1v) is 13.9. The van der Waals surface area contributed by atoms with Crippen LogP contribution >= 0.6 is 23.6 Å². The minimum atomic E-state index is -0.338. The lowest BCUT2D eigenvalue weighted by Crippen LogP contribution is -2.60. The molecule has 4 saturated carbocycles. The number of nitrogens with one attached hydrogen (secondary N) is 1. The zero-order chi connectivity index (χ0) is 23.2. The number of hydrogen-bond acceptors (Lipinski definition) is 5. The summed E-state index contributed by atoms with van der Waals surface area (Å²) in [6.45, 7) is 4.05. The summed E-state index contributed by atoms with van der Waals surface area (Å²) in [6.07, 6.45) is 7.38. The van der Waals surface area contributed by atoms with Gasteiger partial charge in [-0.05, 0) is 79.6 Å². The van der Waals surface area contributed by atoms with Crippen LogP contribution in [0.3, 0.4) is 0 Å². The van der Waals surface area contributed by atoms with Crippen molar-refractivity contribution in [2.24, 2.45) is 23.7 Å². The molecule has 0 amide bonds. The monoisotopic (exact) mass is 495 g/mol. The standard InChI is InChI=1S/C27H33N3O2S2/c1-32-26(31)22-16-23(19-5-3-2-4-6-19)34-25(22)28-27(33)30-9-7-29(8-10-30)24-20-12-17-11-18(14-20)15-21(24)13-17/h2-6,16-18,20-21,24H,7-15H2,1H3,(H,28,33). The van der Waals surface area contributed by atoms with E-state index < -0.39 is 0 Å². The number of rotatable bonds is 4. The predicted molar refractivity (Wildman–Crippen MR) is 141 cm³/mol. The van der Waals surface area contributed by atoms with E-state index in [1.165, 1.54) is 39.2 Å². The molecule has 180 valence electrons. The molecule has 34 heavy (non-hydrogen) atoms. The summed E-state index contributed by atoms with van der Waals surface area (Å²) >= 11 is 7.36. The van der Waals surface area contributed by atoms with Gasteiger partial charge in [-0.3, -0.25) is 4.90 Å². The maximum atomic E-state index is 12.5. The molecule has 2 heterocycles. The Bertz CT molecular complexity index is 1030. The predicted octanol–water partition coefficient (Wildman–Crippen LogP) is 5.34. The first kappa shape index (κ1) is 22.5. The number of piperazine rings is 1. The van der Waals surface area contributed by atoms with Crippen molar-refractivity contribution < 1.29 is 9.53 Å². The van der Waals surface area contributed by atoms with Crippen LogP contribution in [-0.2, 0) is 4.74 Å². The third-order valence-electron chi connectivity index (χ3n) is 8.62. The molecule has 4 bridgehead atoms. The number of thiophene rings is 1. The normalized spacial score (nSPS) is 30.4. The molecule has 5 aliphatic rings. The summed E-state index contributed by atoms with van der Waals surface area (Å²) in [6, 6.07) is 12.8. The number of anilines is 1. The van der Waals surface area contributed by atoms with Crippen LogP contribution < -0.4 is 5.32 Å². The first-order valence-electron chi connectivity index (χ1n) is 12.7. The van der Waals surface area contributed by atoms with Crippen LogP contribution in [0, 0.1) is 23.7 Å². The molecule has 0 unspecified atom stereocenters. The SMILES string of the molecule is COC(=O)c1cc(-c2ccccc2)sc1NC(=S)N1CCN(C2C3CC4CC(C3)CC2C4)CC1. The average molecular weight is 496 g/mol. The highest BCUT2D eigenvalue weighted by Gasteiger charge is 2.50. The summed E-state index contributed by atoms with van der Waals surface area (Å²) in [5, 5.41) is 4.86. The molecule has 7 heteroatoms. The fraction of sp³-hybridized carbons (Fsp3) is 0.556. The van der Waals surface area contributed by atoms with E-state index in [4.69, 9.17) is 17.0 Å². The van der Waals surface area contributed by atoms with Crippen molar-refractivity contribution in [1.29, 1.82) is 0 Å². The number of esters is 1. The smallest absolute Gasteiger partial charge is 0.340 e. The van der Waals surface area contributed by atoms with Crippen molar-refractivity contribution in [3.05, 3.63) is 42.0 Å². The molecular weight excluding hydrogens is 462 g/mol. The highest BCUT2D eigenvalue weighted by atomic mass is 32.1. The van der Waals surface area contributed by atoms with E-state index in [-0.39, 0.29) is 5.97 Å². The van der Waals surface area contributed by atoms with Gasteiger partial charge in [0.25, 0.3) is 0 Å². The van der Waals surface area contributed by atoms with E-state index in [2.05, 4.69) is 27.2 Å². The van der Waals surface area contributed by atoms with E-state index in [0.717, 1.165) is 71.3 Å². The Kier molecular flexibility index (Phi) is 6.12. The summed E-state index contributed by atoms with van der Waals surface area (Å²) in [7, 11) is 1.42. The molecule has 1 saturated heterocycles. The topological polar surface area (TPSA) is 44.8 Å². The van der Waals surface area contributed by atoms with E-state index in [9.17, 15) is 4.79 Å². The van der Waals surface area contributed by atoms with Crippen LogP contribution in [0.25, 0.3) is 10.4 Å². The molecule has 2 aromatic rings. The van der Waals surface area contributed by atoms with Crippen LogP contribution in [0.2, 0.25) is 0 Å². The maximum Gasteiger partial charge on any atom is 0.340 e. The Morgan fingerprint density at radius 1 is 1.00 bits per heavy atom. The molecule has 5 nitrogen and oxygen atoms in total. The summed E-state index contributed by atoms with van der Waals surface area (Å²) in [4.78, 5) is 18.5. The number of methoxy groups -OCH3 is 1. The lowest BCUT2D eigenvalue weighted by Gasteiger charge is -2.58. The molecule has 1 aromatic carbocycles. The summed E-state index contributed by atoms with van der Waals surface area (Å²) in [5.74, 6) is 3.56. The highest BCUT2D eigenvalue weighted by molar-refractivity contribution is 7.80. The van der Waals surface area contributed by atoms with Crippen LogP contribution in [0.15, 0.2) is 36.4 Å². The van der Waals surface area contributed by atoms with Gasteiger partial charge < -0.3 is 15.0 Å². The van der Waals surface area contributed by atoms with Crippen LogP contribution in [0.4, 0.5) is 5.00 Å². The number of hydrogen-bond donors (Lipinski definition) is 1. The summed E-state index contributed by atoms with van der Waals surface area (Å²) in [5.41, 5.74) is 1.63. The quantitative estimate of drug-likeness (QED) is 0.456. The molecular formula is C27H33N3O2S2. The number of carbonyl (C=O) groups excluding carboxylic acids is 1. The lowest BCUT2D eigenvalue weighted by atomic mass is 9.54. The Morgan fingerprint density at radius 3 is 2.26 bits per heavy atom. The number of carbonyl (C=O) groups is 1. The van der Waals surface area contributed by atoms with Gasteiger partial charge in [0.05, 0.1) is 12.7 Å². The molecule has 1 aromatic heterocycles.